The molecule has 0 radical (unpaired) electrons. The van der Waals surface area contributed by atoms with Gasteiger partial charge in [0.2, 0.25) is 0 Å². The van der Waals surface area contributed by atoms with E-state index in [1.165, 1.54) is 0 Å². The summed E-state index contributed by atoms with van der Waals surface area (Å²) in [6, 6.07) is 5.91. The molecule has 4 heteroatoms. The molecule has 0 fully saturated rings. The number of fused-ring (bicyclic) bond motifs is 1. The van der Waals surface area contributed by atoms with E-state index >= 15 is 0 Å². The lowest BCUT2D eigenvalue weighted by Crippen LogP contribution is -1.87. The van der Waals surface area contributed by atoms with Crippen LogP contribution in [0.25, 0.3) is 10.9 Å². The van der Waals surface area contributed by atoms with Crippen molar-refractivity contribution in [3.8, 4) is 0 Å². The molecule has 2 rings (SSSR count). The van der Waals surface area contributed by atoms with Crippen LogP contribution in [0, 0.1) is 3.70 Å². The molecule has 0 aromatic carbocycles. The minimum atomic E-state index is 0.854. The molecule has 2 nitrogen and oxygen atoms in total. The highest BCUT2D eigenvalue weighted by Crippen LogP contribution is 2.19. The van der Waals surface area contributed by atoms with Gasteiger partial charge in [0, 0.05) is 11.6 Å². The minimum absolute atomic E-state index is 0.854. The van der Waals surface area contributed by atoms with Gasteiger partial charge in [0.1, 0.15) is 13.8 Å². The average molecular weight is 335 g/mol. The summed E-state index contributed by atoms with van der Waals surface area (Å²) in [5.74, 6) is 0. The monoisotopic (exact) mass is 334 g/mol. The number of aromatic nitrogens is 2. The van der Waals surface area contributed by atoms with Gasteiger partial charge in [-0.1, -0.05) is 6.07 Å². The predicted molar refractivity (Wildman–Crippen MR) is 60.0 cm³/mol. The number of hydrogen-bond donors (Lipinski definition) is 0. The summed E-state index contributed by atoms with van der Waals surface area (Å²) in [5, 5.41) is 1.11. The molecule has 0 aliphatic heterocycles. The maximum absolute atomic E-state index is 4.24. The summed E-state index contributed by atoms with van der Waals surface area (Å²) in [7, 11) is 0. The summed E-state index contributed by atoms with van der Waals surface area (Å²) in [6.07, 6.45) is 1.78. The highest BCUT2D eigenvalue weighted by molar-refractivity contribution is 14.1. The smallest absolute Gasteiger partial charge is 0.128 e. The van der Waals surface area contributed by atoms with Crippen LogP contribution in [0.15, 0.2) is 29.0 Å². The molecule has 0 unspecified atom stereocenters. The van der Waals surface area contributed by atoms with Crippen LogP contribution in [0.5, 0.6) is 0 Å². The molecule has 0 N–H and O–H groups in total. The van der Waals surface area contributed by atoms with Gasteiger partial charge in [-0.15, -0.1) is 0 Å². The van der Waals surface area contributed by atoms with Crippen LogP contribution in [-0.2, 0) is 0 Å². The van der Waals surface area contributed by atoms with Crippen molar-refractivity contribution in [1.29, 1.82) is 0 Å². The van der Waals surface area contributed by atoms with Crippen molar-refractivity contribution in [2.24, 2.45) is 0 Å². The van der Waals surface area contributed by atoms with Crippen LogP contribution in [0.3, 0.4) is 0 Å². The quantitative estimate of drug-likeness (QED) is 0.547. The third-order valence-electron chi connectivity index (χ3n) is 1.51. The Morgan fingerprint density at radius 1 is 1.42 bits per heavy atom. The van der Waals surface area contributed by atoms with Crippen LogP contribution in [0.1, 0.15) is 0 Å². The molecular weight excluding hydrogens is 331 g/mol. The van der Waals surface area contributed by atoms with E-state index in [2.05, 4.69) is 48.5 Å². The van der Waals surface area contributed by atoms with E-state index in [4.69, 9.17) is 0 Å². The first-order valence-corrected chi connectivity index (χ1v) is 5.21. The lowest BCUT2D eigenvalue weighted by Gasteiger charge is -1.98. The second-order valence-electron chi connectivity index (χ2n) is 2.31. The third-order valence-corrected chi connectivity index (χ3v) is 2.67. The molecule has 0 aliphatic carbocycles. The van der Waals surface area contributed by atoms with Crippen LogP contribution in [-0.4, -0.2) is 9.97 Å². The first kappa shape index (κ1) is 8.37. The molecule has 12 heavy (non-hydrogen) atoms. The Balaban J connectivity index is 2.89. The molecular formula is C8H4BrIN2. The van der Waals surface area contributed by atoms with Gasteiger partial charge in [-0.3, -0.25) is 4.98 Å². The summed E-state index contributed by atoms with van der Waals surface area (Å²) in [4.78, 5) is 8.47. The second kappa shape index (κ2) is 3.26. The van der Waals surface area contributed by atoms with Crippen LogP contribution in [0.2, 0.25) is 0 Å². The van der Waals surface area contributed by atoms with Crippen LogP contribution in [0.4, 0.5) is 0 Å². The summed E-state index contributed by atoms with van der Waals surface area (Å²) in [6.45, 7) is 0. The Morgan fingerprint density at radius 3 is 3.08 bits per heavy atom. The molecule has 0 spiro atoms. The first-order valence-electron chi connectivity index (χ1n) is 3.34. The van der Waals surface area contributed by atoms with E-state index in [1.54, 1.807) is 6.20 Å². The van der Waals surface area contributed by atoms with Gasteiger partial charge in [-0.25, -0.2) is 4.98 Å². The van der Waals surface area contributed by atoms with Crippen molar-refractivity contribution in [2.45, 2.75) is 0 Å². The van der Waals surface area contributed by atoms with Gasteiger partial charge in [0.15, 0.2) is 0 Å². The normalized spacial score (nSPS) is 10.5. The second-order valence-corrected chi connectivity index (χ2v) is 4.15. The highest BCUT2D eigenvalue weighted by Gasteiger charge is 2.01. The Kier molecular flexibility index (Phi) is 2.27. The van der Waals surface area contributed by atoms with Crippen molar-refractivity contribution in [3.05, 3.63) is 32.7 Å². The largest absolute Gasteiger partial charge is 0.253 e. The average Bonchev–Trinajstić information content (AvgIpc) is 2.04. The number of rotatable bonds is 0. The molecule has 2 aromatic heterocycles. The zero-order valence-electron chi connectivity index (χ0n) is 5.96. The fraction of sp³-hybridized carbons (Fsp3) is 0. The number of hydrogen-bond acceptors (Lipinski definition) is 2. The topological polar surface area (TPSA) is 25.8 Å². The van der Waals surface area contributed by atoms with E-state index in [0.29, 0.717) is 0 Å². The van der Waals surface area contributed by atoms with E-state index in [-0.39, 0.29) is 0 Å². The summed E-state index contributed by atoms with van der Waals surface area (Å²) >= 11 is 5.52. The van der Waals surface area contributed by atoms with Crippen molar-refractivity contribution in [2.75, 3.05) is 0 Å². The van der Waals surface area contributed by atoms with Crippen molar-refractivity contribution < 1.29 is 0 Å². The SMILES string of the molecule is Brc1cc2cccnc2c(I)n1. The number of nitrogens with zero attached hydrogens (tertiary/aromatic N) is 2. The molecule has 2 heterocycles. The predicted octanol–water partition coefficient (Wildman–Crippen LogP) is 3.00. The molecule has 0 aliphatic rings. The van der Waals surface area contributed by atoms with Crippen LogP contribution < -0.4 is 0 Å². The maximum Gasteiger partial charge on any atom is 0.128 e. The Labute approximate surface area is 91.7 Å². The van der Waals surface area contributed by atoms with Crippen molar-refractivity contribution >= 4 is 49.4 Å². The lowest BCUT2D eigenvalue weighted by atomic mass is 10.3. The molecule has 0 saturated heterocycles. The lowest BCUT2D eigenvalue weighted by molar-refractivity contribution is 1.23. The van der Waals surface area contributed by atoms with E-state index in [1.807, 2.05) is 18.2 Å². The molecule has 0 bridgehead atoms. The third kappa shape index (κ3) is 1.45. The first-order chi connectivity index (χ1) is 5.77. The van der Waals surface area contributed by atoms with Gasteiger partial charge in [-0.05, 0) is 50.7 Å². The molecule has 60 valence electrons. The number of halogens is 2. The number of pyridine rings is 2. The Bertz CT molecular complexity index is 430. The van der Waals surface area contributed by atoms with Crippen molar-refractivity contribution in [3.63, 3.8) is 0 Å². The van der Waals surface area contributed by atoms with E-state index < -0.39 is 0 Å². The highest BCUT2D eigenvalue weighted by atomic mass is 127. The Morgan fingerprint density at radius 2 is 2.25 bits per heavy atom. The molecule has 0 saturated carbocycles. The van der Waals surface area contributed by atoms with Gasteiger partial charge in [-0.2, -0.15) is 0 Å². The zero-order valence-corrected chi connectivity index (χ0v) is 9.70. The fourth-order valence-corrected chi connectivity index (χ4v) is 2.48. The molecule has 0 amide bonds. The summed E-state index contributed by atoms with van der Waals surface area (Å²) in [5.41, 5.74) is 0.960. The zero-order chi connectivity index (χ0) is 8.55. The van der Waals surface area contributed by atoms with Gasteiger partial charge in [0.25, 0.3) is 0 Å². The Hall–Kier alpha value is -0.230. The minimum Gasteiger partial charge on any atom is -0.253 e. The van der Waals surface area contributed by atoms with Gasteiger partial charge in [0.05, 0.1) is 0 Å². The molecule has 2 aromatic rings. The summed E-state index contributed by atoms with van der Waals surface area (Å²) < 4.78 is 1.78. The van der Waals surface area contributed by atoms with E-state index in [0.717, 1.165) is 19.2 Å². The standard InChI is InChI=1S/C8H4BrIN2/c9-6-4-5-2-1-3-11-7(5)8(10)12-6/h1-4H. The van der Waals surface area contributed by atoms with E-state index in [9.17, 15) is 0 Å². The maximum atomic E-state index is 4.24. The van der Waals surface area contributed by atoms with Gasteiger partial charge >= 0.3 is 0 Å². The molecule has 0 atom stereocenters. The van der Waals surface area contributed by atoms with Crippen LogP contribution >= 0.6 is 38.5 Å². The van der Waals surface area contributed by atoms with Gasteiger partial charge < -0.3 is 0 Å². The fourth-order valence-electron chi connectivity index (χ4n) is 1.01. The van der Waals surface area contributed by atoms with Crippen molar-refractivity contribution in [1.82, 2.24) is 9.97 Å².